The molecule has 21 heavy (non-hydrogen) atoms. The summed E-state index contributed by atoms with van der Waals surface area (Å²) in [5.74, 6) is 0.943. The second-order valence-electron chi connectivity index (χ2n) is 4.74. The third-order valence-corrected chi connectivity index (χ3v) is 2.93. The molecule has 1 aromatic heterocycles. The van der Waals surface area contributed by atoms with E-state index in [9.17, 15) is 4.79 Å². The lowest BCUT2D eigenvalue weighted by molar-refractivity contribution is 0.209. The molecule has 0 spiro atoms. The van der Waals surface area contributed by atoms with E-state index in [1.165, 1.54) is 7.11 Å². The first-order valence-electron chi connectivity index (χ1n) is 6.49. The number of amides is 1. The minimum Gasteiger partial charge on any atom is -0.492 e. The Morgan fingerprint density at radius 3 is 2.52 bits per heavy atom. The zero-order chi connectivity index (χ0) is 15.4. The summed E-state index contributed by atoms with van der Waals surface area (Å²) in [4.78, 5) is 19.7. The maximum absolute atomic E-state index is 10.9. The number of methoxy groups -OCH3 is 1. The molecule has 0 saturated heterocycles. The van der Waals surface area contributed by atoms with Gasteiger partial charge in [0.2, 0.25) is 0 Å². The maximum Gasteiger partial charge on any atom is 0.410 e. The van der Waals surface area contributed by atoms with Crippen LogP contribution in [0.1, 0.15) is 25.5 Å². The Labute approximate surface area is 122 Å². The average Bonchev–Trinajstić information content (AvgIpc) is 2.46. The van der Waals surface area contributed by atoms with E-state index in [2.05, 4.69) is 9.97 Å². The number of carbonyl (C=O) groups is 1. The van der Waals surface area contributed by atoms with Gasteiger partial charge in [0.15, 0.2) is 11.5 Å². The van der Waals surface area contributed by atoms with Crippen LogP contribution in [0.25, 0.3) is 11.3 Å². The third kappa shape index (κ3) is 3.28. The van der Waals surface area contributed by atoms with E-state index in [1.807, 2.05) is 19.9 Å². The number of benzene rings is 1. The Kier molecular flexibility index (Phi) is 4.37. The van der Waals surface area contributed by atoms with Crippen LogP contribution < -0.4 is 15.2 Å². The molecular formula is C15H17N3O3. The standard InChI is InChI=1S/C15H17N3O3/c1-9(2)11-7-18-12(8-17-11)10-5-4-6-13(14(10)20-3)21-15(16)19/h4-9H,1-3H3,(H2,16,19). The Bertz CT molecular complexity index is 639. The molecule has 0 bridgehead atoms. The highest BCUT2D eigenvalue weighted by molar-refractivity contribution is 5.75. The minimum absolute atomic E-state index is 0.247. The van der Waals surface area contributed by atoms with Crippen LogP contribution in [0.3, 0.4) is 0 Å². The van der Waals surface area contributed by atoms with Crippen molar-refractivity contribution in [3.05, 3.63) is 36.3 Å². The molecule has 0 aliphatic rings. The lowest BCUT2D eigenvalue weighted by Crippen LogP contribution is -2.16. The predicted molar refractivity (Wildman–Crippen MR) is 78.3 cm³/mol. The normalized spacial score (nSPS) is 10.5. The quantitative estimate of drug-likeness (QED) is 0.934. The first kappa shape index (κ1) is 14.8. The molecule has 110 valence electrons. The van der Waals surface area contributed by atoms with Crippen molar-refractivity contribution in [3.8, 4) is 22.8 Å². The maximum atomic E-state index is 10.9. The van der Waals surface area contributed by atoms with Crippen LogP contribution in [0.4, 0.5) is 4.79 Å². The largest absolute Gasteiger partial charge is 0.492 e. The minimum atomic E-state index is -0.897. The third-order valence-electron chi connectivity index (χ3n) is 2.93. The van der Waals surface area contributed by atoms with E-state index in [-0.39, 0.29) is 5.75 Å². The summed E-state index contributed by atoms with van der Waals surface area (Å²) in [5.41, 5.74) is 7.26. The molecule has 0 fully saturated rings. The molecule has 6 nitrogen and oxygen atoms in total. The molecule has 0 radical (unpaired) electrons. The molecule has 0 saturated carbocycles. The van der Waals surface area contributed by atoms with Crippen molar-refractivity contribution >= 4 is 6.09 Å². The van der Waals surface area contributed by atoms with Crippen LogP contribution >= 0.6 is 0 Å². The Balaban J connectivity index is 2.45. The number of aromatic nitrogens is 2. The van der Waals surface area contributed by atoms with Crippen LogP contribution in [-0.2, 0) is 0 Å². The molecule has 2 aromatic rings. The number of rotatable bonds is 4. The van der Waals surface area contributed by atoms with Crippen LogP contribution in [-0.4, -0.2) is 23.2 Å². The topological polar surface area (TPSA) is 87.3 Å². The zero-order valence-electron chi connectivity index (χ0n) is 12.2. The van der Waals surface area contributed by atoms with Gasteiger partial charge in [-0.15, -0.1) is 0 Å². The summed E-state index contributed by atoms with van der Waals surface area (Å²) in [7, 11) is 1.49. The average molecular weight is 287 g/mol. The monoisotopic (exact) mass is 287 g/mol. The molecule has 2 rings (SSSR count). The number of carbonyl (C=O) groups excluding carboxylic acids is 1. The number of nitrogens with two attached hydrogens (primary N) is 1. The fourth-order valence-corrected chi connectivity index (χ4v) is 1.89. The summed E-state index contributed by atoms with van der Waals surface area (Å²) >= 11 is 0. The first-order valence-corrected chi connectivity index (χ1v) is 6.49. The van der Waals surface area contributed by atoms with Gasteiger partial charge in [0.25, 0.3) is 0 Å². The van der Waals surface area contributed by atoms with Crippen molar-refractivity contribution in [2.24, 2.45) is 5.73 Å². The highest BCUT2D eigenvalue weighted by Gasteiger charge is 2.15. The van der Waals surface area contributed by atoms with Gasteiger partial charge in [-0.25, -0.2) is 4.79 Å². The van der Waals surface area contributed by atoms with Gasteiger partial charge < -0.3 is 15.2 Å². The van der Waals surface area contributed by atoms with Crippen molar-refractivity contribution in [2.45, 2.75) is 19.8 Å². The summed E-state index contributed by atoms with van der Waals surface area (Å²) < 4.78 is 10.2. The fourth-order valence-electron chi connectivity index (χ4n) is 1.89. The lowest BCUT2D eigenvalue weighted by atomic mass is 10.1. The second kappa shape index (κ2) is 6.21. The SMILES string of the molecule is COc1c(OC(N)=O)cccc1-c1cnc(C(C)C)cn1. The van der Waals surface area contributed by atoms with Gasteiger partial charge in [-0.3, -0.25) is 9.97 Å². The van der Waals surface area contributed by atoms with Crippen LogP contribution in [0, 0.1) is 0 Å². The molecule has 1 heterocycles. The van der Waals surface area contributed by atoms with Gasteiger partial charge in [0.1, 0.15) is 0 Å². The first-order chi connectivity index (χ1) is 10.0. The van der Waals surface area contributed by atoms with E-state index in [4.69, 9.17) is 15.2 Å². The number of nitrogens with zero attached hydrogens (tertiary/aromatic N) is 2. The molecule has 1 aromatic carbocycles. The molecule has 0 unspecified atom stereocenters. The van der Waals surface area contributed by atoms with Gasteiger partial charge in [-0.1, -0.05) is 19.9 Å². The number of hydrogen-bond acceptors (Lipinski definition) is 5. The van der Waals surface area contributed by atoms with Crippen LogP contribution in [0.15, 0.2) is 30.6 Å². The summed E-state index contributed by atoms with van der Waals surface area (Å²) in [6.45, 7) is 4.09. The van der Waals surface area contributed by atoms with E-state index in [1.54, 1.807) is 24.5 Å². The molecular weight excluding hydrogens is 270 g/mol. The van der Waals surface area contributed by atoms with Gasteiger partial charge in [0.05, 0.1) is 24.7 Å². The van der Waals surface area contributed by atoms with E-state index < -0.39 is 6.09 Å². The molecule has 2 N–H and O–H groups in total. The van der Waals surface area contributed by atoms with E-state index in [0.29, 0.717) is 22.9 Å². The predicted octanol–water partition coefficient (Wildman–Crippen LogP) is 2.73. The highest BCUT2D eigenvalue weighted by Crippen LogP contribution is 2.37. The number of para-hydroxylation sites is 1. The van der Waals surface area contributed by atoms with Gasteiger partial charge in [-0.2, -0.15) is 0 Å². The zero-order valence-corrected chi connectivity index (χ0v) is 12.2. The second-order valence-corrected chi connectivity index (χ2v) is 4.74. The molecule has 0 atom stereocenters. The van der Waals surface area contributed by atoms with Gasteiger partial charge in [0, 0.05) is 11.8 Å². The fraction of sp³-hybridized carbons (Fsp3) is 0.267. The Morgan fingerprint density at radius 1 is 1.24 bits per heavy atom. The molecule has 6 heteroatoms. The number of ether oxygens (including phenoxy) is 2. The molecule has 0 aliphatic carbocycles. The van der Waals surface area contributed by atoms with Crippen molar-refractivity contribution in [2.75, 3.05) is 7.11 Å². The number of hydrogen-bond donors (Lipinski definition) is 1. The van der Waals surface area contributed by atoms with E-state index >= 15 is 0 Å². The van der Waals surface area contributed by atoms with Gasteiger partial charge >= 0.3 is 6.09 Å². The van der Waals surface area contributed by atoms with Crippen molar-refractivity contribution in [1.29, 1.82) is 0 Å². The van der Waals surface area contributed by atoms with E-state index in [0.717, 1.165) is 5.69 Å². The van der Waals surface area contributed by atoms with Crippen molar-refractivity contribution < 1.29 is 14.3 Å². The summed E-state index contributed by atoms with van der Waals surface area (Å²) in [6.07, 6.45) is 2.49. The Morgan fingerprint density at radius 2 is 2.00 bits per heavy atom. The lowest BCUT2D eigenvalue weighted by Gasteiger charge is -2.12. The van der Waals surface area contributed by atoms with Crippen molar-refractivity contribution in [1.82, 2.24) is 9.97 Å². The van der Waals surface area contributed by atoms with Crippen LogP contribution in [0.2, 0.25) is 0 Å². The molecule has 0 aliphatic heterocycles. The van der Waals surface area contributed by atoms with Gasteiger partial charge in [-0.05, 0) is 18.1 Å². The van der Waals surface area contributed by atoms with Crippen LogP contribution in [0.5, 0.6) is 11.5 Å². The smallest absolute Gasteiger partial charge is 0.410 e. The Hall–Kier alpha value is -2.63. The molecule has 1 amide bonds. The summed E-state index contributed by atoms with van der Waals surface area (Å²) in [6, 6.07) is 5.14. The highest BCUT2D eigenvalue weighted by atomic mass is 16.6. The summed E-state index contributed by atoms with van der Waals surface area (Å²) in [5, 5.41) is 0. The number of primary amides is 1. The van der Waals surface area contributed by atoms with Crippen molar-refractivity contribution in [3.63, 3.8) is 0 Å².